The summed E-state index contributed by atoms with van der Waals surface area (Å²) in [6, 6.07) is 5.56. The minimum Gasteiger partial charge on any atom is -0.489 e. The van der Waals surface area contributed by atoms with Crippen molar-refractivity contribution in [2.24, 2.45) is 5.41 Å². The molecule has 0 aliphatic heterocycles. The van der Waals surface area contributed by atoms with Gasteiger partial charge in [0.25, 0.3) is 0 Å². The summed E-state index contributed by atoms with van der Waals surface area (Å²) in [5.74, 6) is -0.0532. The first kappa shape index (κ1) is 17.3. The van der Waals surface area contributed by atoms with Gasteiger partial charge in [0.1, 0.15) is 12.4 Å². The van der Waals surface area contributed by atoms with Crippen molar-refractivity contribution < 1.29 is 14.6 Å². The van der Waals surface area contributed by atoms with Crippen LogP contribution < -0.4 is 4.74 Å². The maximum atomic E-state index is 10.7. The molecule has 0 bridgehead atoms. The van der Waals surface area contributed by atoms with Gasteiger partial charge in [0.05, 0.1) is 0 Å². The normalized spacial score (nSPS) is 19.3. The van der Waals surface area contributed by atoms with Crippen LogP contribution in [0.4, 0.5) is 0 Å². The van der Waals surface area contributed by atoms with Crippen LogP contribution in [0.1, 0.15) is 56.9 Å². The molecule has 4 heteroatoms. The van der Waals surface area contributed by atoms with Crippen LogP contribution in [0, 0.1) is 5.41 Å². The summed E-state index contributed by atoms with van der Waals surface area (Å²) in [6.07, 6.45) is 12.2. The van der Waals surface area contributed by atoms with Crippen LogP contribution in [0.25, 0.3) is 0 Å². The average Bonchev–Trinajstić information content (AvgIpc) is 2.99. The van der Waals surface area contributed by atoms with Crippen LogP contribution >= 0.6 is 11.6 Å². The zero-order valence-corrected chi connectivity index (χ0v) is 14.8. The Morgan fingerprint density at radius 3 is 2.67 bits per heavy atom. The second kappa shape index (κ2) is 7.60. The lowest BCUT2D eigenvalue weighted by Crippen LogP contribution is -2.19. The number of carboxylic acid groups (broad SMARTS) is 1. The topological polar surface area (TPSA) is 46.5 Å². The fourth-order valence-electron chi connectivity index (χ4n) is 4.07. The summed E-state index contributed by atoms with van der Waals surface area (Å²) in [5, 5.41) is 9.34. The van der Waals surface area contributed by atoms with Crippen LogP contribution in [0.15, 0.2) is 29.8 Å². The smallest absolute Gasteiger partial charge is 0.303 e. The molecule has 0 heterocycles. The summed E-state index contributed by atoms with van der Waals surface area (Å²) in [4.78, 5) is 10.7. The van der Waals surface area contributed by atoms with E-state index in [4.69, 9.17) is 21.4 Å². The Morgan fingerprint density at radius 1 is 1.21 bits per heavy atom. The van der Waals surface area contributed by atoms with Gasteiger partial charge in [-0.15, -0.1) is 0 Å². The van der Waals surface area contributed by atoms with E-state index in [0.29, 0.717) is 23.5 Å². The van der Waals surface area contributed by atoms with Gasteiger partial charge in [-0.1, -0.05) is 36.6 Å². The van der Waals surface area contributed by atoms with Gasteiger partial charge in [-0.25, -0.2) is 0 Å². The highest BCUT2D eigenvalue weighted by atomic mass is 35.5. The van der Waals surface area contributed by atoms with E-state index in [1.807, 2.05) is 12.1 Å². The zero-order chi connectivity index (χ0) is 17.0. The quantitative estimate of drug-likeness (QED) is 0.699. The van der Waals surface area contributed by atoms with E-state index < -0.39 is 5.97 Å². The van der Waals surface area contributed by atoms with E-state index in [-0.39, 0.29) is 6.42 Å². The number of halogens is 1. The monoisotopic (exact) mass is 348 g/mol. The van der Waals surface area contributed by atoms with Gasteiger partial charge in [-0.3, -0.25) is 4.79 Å². The molecule has 0 atom stereocenters. The Kier molecular flexibility index (Phi) is 5.50. The Bertz CT molecular complexity index is 630. The van der Waals surface area contributed by atoms with Crippen molar-refractivity contribution in [3.05, 3.63) is 40.4 Å². The molecule has 1 N–H and O–H groups in total. The van der Waals surface area contributed by atoms with Gasteiger partial charge in [-0.2, -0.15) is 0 Å². The summed E-state index contributed by atoms with van der Waals surface area (Å²) >= 11 is 6.25. The summed E-state index contributed by atoms with van der Waals surface area (Å²) in [7, 11) is 0. The van der Waals surface area contributed by atoms with Gasteiger partial charge in [0, 0.05) is 11.4 Å². The third-order valence-electron chi connectivity index (χ3n) is 5.34. The number of carboxylic acids is 1. The van der Waals surface area contributed by atoms with E-state index in [1.165, 1.54) is 44.1 Å². The molecule has 3 nitrogen and oxygen atoms in total. The van der Waals surface area contributed by atoms with E-state index in [9.17, 15) is 4.79 Å². The Labute approximate surface area is 148 Å². The number of carbonyl (C=O) groups is 1. The molecule has 1 aromatic carbocycles. The van der Waals surface area contributed by atoms with Crippen LogP contribution in [0.2, 0.25) is 5.02 Å². The molecule has 24 heavy (non-hydrogen) atoms. The predicted octanol–water partition coefficient (Wildman–Crippen LogP) is 5.41. The standard InChI is InChI=1S/C20H25ClO3/c21-18-12-17(7-5-16(18)6-8-19(22)23)24-14-15-4-3-11-20(13-15)9-1-2-10-20/h5,7,12-13H,1-4,6,8-11,14H2,(H,22,23). The van der Waals surface area contributed by atoms with Crippen molar-refractivity contribution in [2.75, 3.05) is 6.61 Å². The van der Waals surface area contributed by atoms with Crippen molar-refractivity contribution >= 4 is 17.6 Å². The fraction of sp³-hybridized carbons (Fsp3) is 0.550. The van der Waals surface area contributed by atoms with Crippen LogP contribution in [0.5, 0.6) is 5.75 Å². The highest BCUT2D eigenvalue weighted by Gasteiger charge is 2.33. The Balaban J connectivity index is 1.59. The van der Waals surface area contributed by atoms with Crippen molar-refractivity contribution in [1.29, 1.82) is 0 Å². The van der Waals surface area contributed by atoms with Gasteiger partial charge in [-0.05, 0) is 67.2 Å². The third-order valence-corrected chi connectivity index (χ3v) is 5.69. The fourth-order valence-corrected chi connectivity index (χ4v) is 4.34. The van der Waals surface area contributed by atoms with Crippen molar-refractivity contribution in [1.82, 2.24) is 0 Å². The minimum absolute atomic E-state index is 0.0922. The number of allylic oxidation sites excluding steroid dienone is 1. The first-order valence-corrected chi connectivity index (χ1v) is 9.28. The van der Waals surface area contributed by atoms with Gasteiger partial charge >= 0.3 is 5.97 Å². The highest BCUT2D eigenvalue weighted by molar-refractivity contribution is 6.31. The molecule has 0 aromatic heterocycles. The van der Waals surface area contributed by atoms with Crippen LogP contribution in [0.3, 0.4) is 0 Å². The van der Waals surface area contributed by atoms with Crippen molar-refractivity contribution in [3.8, 4) is 5.75 Å². The average molecular weight is 349 g/mol. The molecular formula is C20H25ClO3. The first-order valence-electron chi connectivity index (χ1n) is 8.90. The summed E-state index contributed by atoms with van der Waals surface area (Å²) in [6.45, 7) is 0.631. The van der Waals surface area contributed by atoms with E-state index >= 15 is 0 Å². The van der Waals surface area contributed by atoms with Gasteiger partial charge in [0.2, 0.25) is 0 Å². The summed E-state index contributed by atoms with van der Waals surface area (Å²) in [5.41, 5.74) is 2.72. The molecule has 1 saturated carbocycles. The maximum absolute atomic E-state index is 10.7. The molecule has 1 fully saturated rings. The molecule has 1 spiro atoms. The largest absolute Gasteiger partial charge is 0.489 e. The second-order valence-corrected chi connectivity index (χ2v) is 7.57. The first-order chi connectivity index (χ1) is 11.6. The lowest BCUT2D eigenvalue weighted by molar-refractivity contribution is -0.136. The maximum Gasteiger partial charge on any atom is 0.303 e. The Morgan fingerprint density at radius 2 is 1.96 bits per heavy atom. The lowest BCUT2D eigenvalue weighted by atomic mass is 9.75. The number of aryl methyl sites for hydroxylation is 1. The van der Waals surface area contributed by atoms with Crippen molar-refractivity contribution in [3.63, 3.8) is 0 Å². The Hall–Kier alpha value is -1.48. The number of ether oxygens (including phenoxy) is 1. The molecule has 3 rings (SSSR count). The molecule has 0 unspecified atom stereocenters. The molecule has 2 aliphatic carbocycles. The molecular weight excluding hydrogens is 324 g/mol. The van der Waals surface area contributed by atoms with E-state index in [1.54, 1.807) is 6.07 Å². The molecule has 130 valence electrons. The number of hydrogen-bond acceptors (Lipinski definition) is 2. The number of benzene rings is 1. The number of rotatable bonds is 6. The van der Waals surface area contributed by atoms with Crippen molar-refractivity contribution in [2.45, 2.75) is 57.8 Å². The highest BCUT2D eigenvalue weighted by Crippen LogP contribution is 2.47. The molecule has 0 saturated heterocycles. The molecule has 0 radical (unpaired) electrons. The number of aliphatic carboxylic acids is 1. The second-order valence-electron chi connectivity index (χ2n) is 7.16. The lowest BCUT2D eigenvalue weighted by Gasteiger charge is -2.31. The van der Waals surface area contributed by atoms with Crippen LogP contribution in [-0.4, -0.2) is 17.7 Å². The number of hydrogen-bond donors (Lipinski definition) is 1. The SMILES string of the molecule is O=C(O)CCc1ccc(OCC2=CC3(CCCC3)CCC2)cc1Cl. The third kappa shape index (κ3) is 4.32. The molecule has 0 amide bonds. The zero-order valence-electron chi connectivity index (χ0n) is 14.0. The molecule has 2 aliphatic rings. The molecule has 1 aromatic rings. The van der Waals surface area contributed by atoms with Gasteiger partial charge < -0.3 is 9.84 Å². The van der Waals surface area contributed by atoms with Crippen LogP contribution in [-0.2, 0) is 11.2 Å². The minimum atomic E-state index is -0.809. The van der Waals surface area contributed by atoms with E-state index in [0.717, 1.165) is 17.7 Å². The van der Waals surface area contributed by atoms with Gasteiger partial charge in [0.15, 0.2) is 0 Å². The van der Waals surface area contributed by atoms with E-state index in [2.05, 4.69) is 6.08 Å². The summed E-state index contributed by atoms with van der Waals surface area (Å²) < 4.78 is 5.94. The predicted molar refractivity (Wildman–Crippen MR) is 95.7 cm³/mol.